The average molecular weight is 331 g/mol. The van der Waals surface area contributed by atoms with Gasteiger partial charge in [0.2, 0.25) is 0 Å². The summed E-state index contributed by atoms with van der Waals surface area (Å²) in [7, 11) is 0. The van der Waals surface area contributed by atoms with Crippen LogP contribution >= 0.6 is 11.3 Å². The maximum atomic E-state index is 12.1. The van der Waals surface area contributed by atoms with Gasteiger partial charge in [0.1, 0.15) is 11.9 Å². The molecule has 0 unspecified atom stereocenters. The topological polar surface area (TPSA) is 111 Å². The molecule has 10 heteroatoms. The van der Waals surface area contributed by atoms with Gasteiger partial charge < -0.3 is 6.16 Å². The van der Waals surface area contributed by atoms with Crippen molar-refractivity contribution in [3.8, 4) is 5.75 Å². The van der Waals surface area contributed by atoms with Crippen molar-refractivity contribution in [3.63, 3.8) is 0 Å². The van der Waals surface area contributed by atoms with Crippen LogP contribution in [0, 0.1) is 10.1 Å². The first-order valence-electron chi connectivity index (χ1n) is 5.66. The Bertz CT molecular complexity index is 724. The molecule has 1 aromatic carbocycles. The smallest absolute Gasteiger partial charge is 1.00 e. The third-order valence-corrected chi connectivity index (χ3v) is 3.14. The number of nitrogens with zero attached hydrogens (tertiary/aromatic N) is 2. The molecule has 8 nitrogen and oxygen atoms in total. The second kappa shape index (κ2) is 7.99. The first-order valence-corrected chi connectivity index (χ1v) is 6.48. The molecule has 2 aromatic rings. The Morgan fingerprint density at radius 1 is 1.41 bits per heavy atom. The number of hydrogen-bond donors (Lipinski definition) is 1. The van der Waals surface area contributed by atoms with Gasteiger partial charge in [0, 0.05) is 6.92 Å². The van der Waals surface area contributed by atoms with Crippen molar-refractivity contribution in [2.24, 2.45) is 0 Å². The fourth-order valence-electron chi connectivity index (χ4n) is 1.47. The zero-order chi connectivity index (χ0) is 15.4. The van der Waals surface area contributed by atoms with E-state index in [2.05, 4.69) is 10.3 Å². The number of anilines is 1. The monoisotopic (exact) mass is 331 g/mol. The van der Waals surface area contributed by atoms with E-state index < -0.39 is 16.8 Å². The van der Waals surface area contributed by atoms with Gasteiger partial charge in [0.15, 0.2) is 5.13 Å². The fraction of sp³-hybridized carbons (Fsp3) is 0.0833. The van der Waals surface area contributed by atoms with Crippen LogP contribution in [0.3, 0.4) is 0 Å². The zero-order valence-corrected chi connectivity index (χ0v) is 14.5. The number of hydrogen-bond acceptors (Lipinski definition) is 7. The van der Waals surface area contributed by atoms with E-state index in [1.165, 1.54) is 19.1 Å². The number of aromatic nitrogens is 1. The summed E-state index contributed by atoms with van der Waals surface area (Å²) in [5.74, 6) is -1.02. The number of rotatable bonds is 4. The van der Waals surface area contributed by atoms with Crippen LogP contribution in [0.4, 0.5) is 10.1 Å². The number of nitro groups is 1. The second-order valence-corrected chi connectivity index (χ2v) is 4.81. The summed E-state index contributed by atoms with van der Waals surface area (Å²) in [6, 6.07) is 6.16. The quantitative estimate of drug-likeness (QED) is 0.262. The molecule has 0 fully saturated rings. The van der Waals surface area contributed by atoms with Gasteiger partial charge in [-0.3, -0.25) is 25.0 Å². The van der Waals surface area contributed by atoms with Crippen LogP contribution in [-0.2, 0) is 4.79 Å². The zero-order valence-electron chi connectivity index (χ0n) is 12.7. The Morgan fingerprint density at radius 2 is 2.09 bits per heavy atom. The van der Waals surface area contributed by atoms with Crippen LogP contribution in [0.5, 0.6) is 5.75 Å². The van der Waals surface area contributed by atoms with E-state index >= 15 is 0 Å². The minimum absolute atomic E-state index is 0. The van der Waals surface area contributed by atoms with Crippen molar-refractivity contribution in [2.75, 3.05) is 5.32 Å². The summed E-state index contributed by atoms with van der Waals surface area (Å²) in [6.07, 6.45) is 1.05. The maximum Gasteiger partial charge on any atom is 1.00 e. The number of thiazole rings is 1. The van der Waals surface area contributed by atoms with Crippen LogP contribution in [0.1, 0.15) is 18.7 Å². The van der Waals surface area contributed by atoms with Gasteiger partial charge in [-0.1, -0.05) is 12.1 Å². The van der Waals surface area contributed by atoms with E-state index in [0.29, 0.717) is 0 Å². The number of nitrogens with one attached hydrogen (secondary N) is 1. The molecule has 1 N–H and O–H groups in total. The fourth-order valence-corrected chi connectivity index (χ4v) is 2.10. The molecule has 0 radical (unpaired) electrons. The van der Waals surface area contributed by atoms with Gasteiger partial charge >= 0.3 is 40.5 Å². The summed E-state index contributed by atoms with van der Waals surface area (Å²) in [6.45, 7) is 1.22. The number of para-hydroxylation sites is 1. The summed E-state index contributed by atoms with van der Waals surface area (Å²) >= 11 is 0.734. The molecule has 22 heavy (non-hydrogen) atoms. The van der Waals surface area contributed by atoms with Crippen molar-refractivity contribution in [3.05, 3.63) is 46.1 Å². The minimum atomic E-state index is -0.597. The molecular weight excluding hydrogens is 321 g/mol. The van der Waals surface area contributed by atoms with Crippen LogP contribution in [0.25, 0.3) is 0 Å². The Balaban J connectivity index is 0.00000242. The van der Waals surface area contributed by atoms with Crippen molar-refractivity contribution in [2.45, 2.75) is 6.92 Å². The number of carbonyl (C=O) groups is 2. The second-order valence-electron chi connectivity index (χ2n) is 3.80. The predicted octanol–water partition coefficient (Wildman–Crippen LogP) is -0.655. The van der Waals surface area contributed by atoms with E-state index in [1.807, 2.05) is 0 Å². The van der Waals surface area contributed by atoms with Crippen LogP contribution in [-0.4, -0.2) is 21.8 Å². The molecule has 1 aromatic heterocycles. The Labute approximate surface area is 152 Å². The molecule has 0 aliphatic carbocycles. The van der Waals surface area contributed by atoms with Crippen LogP contribution in [0.15, 0.2) is 30.5 Å². The Kier molecular flexibility index (Phi) is 6.62. The summed E-state index contributed by atoms with van der Waals surface area (Å²) in [5.41, 5.74) is 0.130. The maximum absolute atomic E-state index is 12.1. The first kappa shape index (κ1) is 18.2. The Morgan fingerprint density at radius 3 is 2.68 bits per heavy atom. The van der Waals surface area contributed by atoms with Gasteiger partial charge in [-0.15, -0.1) is 0 Å². The first-order chi connectivity index (χ1) is 9.97. The molecule has 0 saturated carbocycles. The van der Waals surface area contributed by atoms with Crippen molar-refractivity contribution >= 4 is 33.3 Å². The average Bonchev–Trinajstić information content (AvgIpc) is 2.87. The standard InChI is InChI=1S/C12H9N3O5S.Na.H/c1-7(16)20-9-5-3-2-4-8(9)11(17)14-12-13-6-10(21-12)15(18)19;;/h2-6H,1H3,(H,13,14,17);;/q;+1;-1. The van der Waals surface area contributed by atoms with Crippen LogP contribution < -0.4 is 39.6 Å². The van der Waals surface area contributed by atoms with Crippen molar-refractivity contribution in [1.82, 2.24) is 4.98 Å². The molecule has 0 spiro atoms. The van der Waals surface area contributed by atoms with Crippen molar-refractivity contribution < 1.29 is 50.2 Å². The number of carbonyl (C=O) groups excluding carboxylic acids is 2. The summed E-state index contributed by atoms with van der Waals surface area (Å²) < 4.78 is 4.92. The normalized spacial score (nSPS) is 9.50. The third-order valence-electron chi connectivity index (χ3n) is 2.28. The molecule has 1 amide bonds. The molecule has 0 atom stereocenters. The van der Waals surface area contributed by atoms with Gasteiger partial charge in [-0.25, -0.2) is 4.98 Å². The number of benzene rings is 1. The van der Waals surface area contributed by atoms with Gasteiger partial charge in [0.05, 0.1) is 10.5 Å². The van der Waals surface area contributed by atoms with Gasteiger partial charge in [-0.05, 0) is 23.5 Å². The number of amides is 1. The molecule has 0 aliphatic rings. The number of ether oxygens (including phenoxy) is 1. The van der Waals surface area contributed by atoms with Crippen LogP contribution in [0.2, 0.25) is 0 Å². The molecule has 0 bridgehead atoms. The van der Waals surface area contributed by atoms with E-state index in [4.69, 9.17) is 4.74 Å². The van der Waals surface area contributed by atoms with E-state index in [-0.39, 0.29) is 52.4 Å². The van der Waals surface area contributed by atoms with E-state index in [0.717, 1.165) is 17.5 Å². The molecular formula is C12H10N3NaO5S. The van der Waals surface area contributed by atoms with E-state index in [9.17, 15) is 19.7 Å². The van der Waals surface area contributed by atoms with Gasteiger partial charge in [-0.2, -0.15) is 0 Å². The summed E-state index contributed by atoms with van der Waals surface area (Å²) in [4.78, 5) is 36.8. The Hall–Kier alpha value is -1.81. The number of esters is 1. The molecule has 1 heterocycles. The summed E-state index contributed by atoms with van der Waals surface area (Å²) in [5, 5.41) is 12.9. The molecule has 2 rings (SSSR count). The SMILES string of the molecule is CC(=O)Oc1ccccc1C(=O)Nc1ncc([N+](=O)[O-])s1.[H-].[Na+]. The molecule has 0 saturated heterocycles. The largest absolute Gasteiger partial charge is 1.00 e. The molecule has 0 aliphatic heterocycles. The molecule has 110 valence electrons. The minimum Gasteiger partial charge on any atom is -1.00 e. The van der Waals surface area contributed by atoms with E-state index in [1.54, 1.807) is 12.1 Å². The van der Waals surface area contributed by atoms with Crippen molar-refractivity contribution in [1.29, 1.82) is 0 Å². The van der Waals surface area contributed by atoms with Gasteiger partial charge in [0.25, 0.3) is 5.91 Å². The third kappa shape index (κ3) is 4.60. The predicted molar refractivity (Wildman–Crippen MR) is 75.6 cm³/mol.